The molecule has 2 aromatic rings. The van der Waals surface area contributed by atoms with Crippen LogP contribution in [0.5, 0.6) is 0 Å². The fraction of sp³-hybridized carbons (Fsp3) is 0.500. The van der Waals surface area contributed by atoms with Crippen LogP contribution in [0.2, 0.25) is 0 Å². The fourth-order valence-corrected chi connectivity index (χ4v) is 5.71. The third-order valence-electron chi connectivity index (χ3n) is 8.01. The number of amides is 2. The van der Waals surface area contributed by atoms with E-state index in [4.69, 9.17) is 4.74 Å². The van der Waals surface area contributed by atoms with Gasteiger partial charge in [0.1, 0.15) is 0 Å². The molecule has 1 atom stereocenters. The Hall–Kier alpha value is -3.48. The van der Waals surface area contributed by atoms with Gasteiger partial charge < -0.3 is 10.1 Å². The van der Waals surface area contributed by atoms with Crippen LogP contribution in [0, 0.1) is 11.8 Å². The molecule has 1 unspecified atom stereocenters. The van der Waals surface area contributed by atoms with Crippen LogP contribution < -0.4 is 5.32 Å². The average molecular weight is 532 g/mol. The Kier molecular flexibility index (Phi) is 9.90. The number of nitrogens with one attached hydrogen (secondary N) is 1. The minimum atomic E-state index is -0.240. The van der Waals surface area contributed by atoms with E-state index >= 15 is 0 Å². The number of nitrogens with zero attached hydrogens (tertiary/aromatic N) is 2. The number of methoxy groups -OCH3 is 1. The quantitative estimate of drug-likeness (QED) is 0.406. The van der Waals surface area contributed by atoms with Crippen molar-refractivity contribution in [1.29, 1.82) is 0 Å². The molecule has 0 bridgehead atoms. The largest absolute Gasteiger partial charge is 0.469 e. The first-order valence-electron chi connectivity index (χ1n) is 14.2. The topological polar surface area (TPSA) is 88.1 Å². The third kappa shape index (κ3) is 7.78. The van der Waals surface area contributed by atoms with Gasteiger partial charge in [0.25, 0.3) is 0 Å². The van der Waals surface area contributed by atoms with Gasteiger partial charge in [-0.25, -0.2) is 5.01 Å². The van der Waals surface area contributed by atoms with E-state index in [9.17, 15) is 14.4 Å². The van der Waals surface area contributed by atoms with Gasteiger partial charge >= 0.3 is 5.97 Å². The summed E-state index contributed by atoms with van der Waals surface area (Å²) in [6.45, 7) is 4.56. The van der Waals surface area contributed by atoms with Crippen molar-refractivity contribution in [2.45, 2.75) is 83.7 Å². The molecule has 0 radical (unpaired) electrons. The van der Waals surface area contributed by atoms with Crippen molar-refractivity contribution < 1.29 is 19.1 Å². The van der Waals surface area contributed by atoms with Crippen LogP contribution in [0.3, 0.4) is 0 Å². The number of hydrogen-bond donors (Lipinski definition) is 1. The molecule has 2 aliphatic rings. The zero-order valence-corrected chi connectivity index (χ0v) is 23.4. The Morgan fingerprint density at radius 3 is 2.33 bits per heavy atom. The van der Waals surface area contributed by atoms with E-state index in [2.05, 4.69) is 24.3 Å². The van der Waals surface area contributed by atoms with Gasteiger partial charge in [-0.2, -0.15) is 5.10 Å². The highest BCUT2D eigenvalue weighted by Crippen LogP contribution is 2.30. The minimum Gasteiger partial charge on any atom is -0.469 e. The molecule has 1 heterocycles. The highest BCUT2D eigenvalue weighted by Gasteiger charge is 2.29. The minimum absolute atomic E-state index is 0.0261. The first-order chi connectivity index (χ1) is 18.8. The SMILES string of the molecule is COC(=O)CC[C@H]1CC[C@@H](NC(=O)C(c2ccc(CN3N=C(c4ccccc4)CCC3=O)cc2)C(C)C)CC1. The maximum atomic E-state index is 13.4. The number of hydrazone groups is 1. The van der Waals surface area contributed by atoms with Crippen LogP contribution in [-0.2, 0) is 25.7 Å². The monoisotopic (exact) mass is 531 g/mol. The van der Waals surface area contributed by atoms with Crippen LogP contribution in [0.1, 0.15) is 87.8 Å². The van der Waals surface area contributed by atoms with E-state index in [0.29, 0.717) is 31.7 Å². The first kappa shape index (κ1) is 28.5. The molecule has 2 amide bonds. The lowest BCUT2D eigenvalue weighted by Crippen LogP contribution is -2.41. The van der Waals surface area contributed by atoms with Crippen molar-refractivity contribution in [1.82, 2.24) is 10.3 Å². The summed E-state index contributed by atoms with van der Waals surface area (Å²) >= 11 is 0. The van der Waals surface area contributed by atoms with Crippen LogP contribution in [0.15, 0.2) is 59.7 Å². The zero-order valence-electron chi connectivity index (χ0n) is 23.4. The van der Waals surface area contributed by atoms with Crippen LogP contribution in [-0.4, -0.2) is 41.7 Å². The number of esters is 1. The number of carbonyl (C=O) groups is 3. The summed E-state index contributed by atoms with van der Waals surface area (Å²) in [5.74, 6) is 0.371. The number of rotatable bonds is 10. The third-order valence-corrected chi connectivity index (χ3v) is 8.01. The highest BCUT2D eigenvalue weighted by molar-refractivity contribution is 6.04. The molecule has 1 aliphatic heterocycles. The lowest BCUT2D eigenvalue weighted by atomic mass is 9.82. The molecular weight excluding hydrogens is 490 g/mol. The Morgan fingerprint density at radius 1 is 1.00 bits per heavy atom. The standard InChI is InChI=1S/C32H41N3O4/c1-22(2)31(32(38)33-27-16-11-23(12-17-27)13-20-30(37)39-3)26-14-9-24(10-15-26)21-35-29(36)19-18-28(34-35)25-7-5-4-6-8-25/h4-10,14-15,22-23,27,31H,11-13,16-21H2,1-3H3,(H,33,38)/t23-,27+,31?. The second-order valence-corrected chi connectivity index (χ2v) is 11.2. The number of hydrogen-bond acceptors (Lipinski definition) is 5. The second kappa shape index (κ2) is 13.5. The van der Waals surface area contributed by atoms with Gasteiger partial charge in [-0.3, -0.25) is 14.4 Å². The summed E-state index contributed by atoms with van der Waals surface area (Å²) in [5, 5.41) is 9.52. The molecule has 1 aliphatic carbocycles. The van der Waals surface area contributed by atoms with E-state index in [0.717, 1.165) is 54.5 Å². The Balaban J connectivity index is 1.34. The summed E-state index contributed by atoms with van der Waals surface area (Å²) in [6, 6.07) is 18.2. The van der Waals surface area contributed by atoms with Crippen molar-refractivity contribution >= 4 is 23.5 Å². The van der Waals surface area contributed by atoms with Gasteiger partial charge in [-0.1, -0.05) is 68.4 Å². The van der Waals surface area contributed by atoms with E-state index in [-0.39, 0.29) is 35.7 Å². The normalized spacial score (nSPS) is 20.4. The van der Waals surface area contributed by atoms with Crippen LogP contribution >= 0.6 is 0 Å². The highest BCUT2D eigenvalue weighted by atomic mass is 16.5. The van der Waals surface area contributed by atoms with Gasteiger partial charge in [0, 0.05) is 25.3 Å². The van der Waals surface area contributed by atoms with Crippen molar-refractivity contribution in [2.75, 3.05) is 7.11 Å². The zero-order chi connectivity index (χ0) is 27.8. The summed E-state index contributed by atoms with van der Waals surface area (Å²) in [7, 11) is 1.43. The molecule has 7 nitrogen and oxygen atoms in total. The molecule has 208 valence electrons. The smallest absolute Gasteiger partial charge is 0.305 e. The predicted octanol–water partition coefficient (Wildman–Crippen LogP) is 5.58. The molecule has 0 aromatic heterocycles. The van der Waals surface area contributed by atoms with Crippen LogP contribution in [0.4, 0.5) is 0 Å². The first-order valence-corrected chi connectivity index (χ1v) is 14.2. The molecular formula is C32H41N3O4. The Morgan fingerprint density at radius 2 is 1.69 bits per heavy atom. The maximum Gasteiger partial charge on any atom is 0.305 e. The second-order valence-electron chi connectivity index (χ2n) is 11.2. The number of benzene rings is 2. The Bertz CT molecular complexity index is 1150. The molecule has 0 spiro atoms. The lowest BCUT2D eigenvalue weighted by molar-refractivity contribution is -0.141. The van der Waals surface area contributed by atoms with Gasteiger partial charge in [-0.05, 0) is 60.6 Å². The van der Waals surface area contributed by atoms with Gasteiger partial charge in [0.15, 0.2) is 0 Å². The van der Waals surface area contributed by atoms with Crippen molar-refractivity contribution in [3.63, 3.8) is 0 Å². The summed E-state index contributed by atoms with van der Waals surface area (Å²) < 4.78 is 4.76. The molecule has 39 heavy (non-hydrogen) atoms. The molecule has 7 heteroatoms. The fourth-order valence-electron chi connectivity index (χ4n) is 5.71. The van der Waals surface area contributed by atoms with E-state index in [1.807, 2.05) is 54.6 Å². The summed E-state index contributed by atoms with van der Waals surface area (Å²) in [6.07, 6.45) is 6.35. The molecule has 1 fully saturated rings. The number of carbonyl (C=O) groups excluding carboxylic acids is 3. The Labute approximate surface area is 232 Å². The van der Waals surface area contributed by atoms with Crippen molar-refractivity contribution in [3.05, 3.63) is 71.3 Å². The molecule has 4 rings (SSSR count). The van der Waals surface area contributed by atoms with Gasteiger partial charge in [0.2, 0.25) is 11.8 Å². The average Bonchev–Trinajstić information content (AvgIpc) is 2.95. The molecule has 0 saturated heterocycles. The molecule has 2 aromatic carbocycles. The summed E-state index contributed by atoms with van der Waals surface area (Å²) in [4.78, 5) is 37.4. The summed E-state index contributed by atoms with van der Waals surface area (Å²) in [5.41, 5.74) is 3.95. The van der Waals surface area contributed by atoms with Crippen LogP contribution in [0.25, 0.3) is 0 Å². The maximum absolute atomic E-state index is 13.4. The molecule has 1 N–H and O–H groups in total. The van der Waals surface area contributed by atoms with E-state index in [1.54, 1.807) is 5.01 Å². The van der Waals surface area contributed by atoms with E-state index < -0.39 is 0 Å². The predicted molar refractivity (Wildman–Crippen MR) is 152 cm³/mol. The van der Waals surface area contributed by atoms with Crippen molar-refractivity contribution in [2.24, 2.45) is 16.9 Å². The van der Waals surface area contributed by atoms with Gasteiger partial charge in [0.05, 0.1) is 25.3 Å². The van der Waals surface area contributed by atoms with Crippen molar-refractivity contribution in [3.8, 4) is 0 Å². The number of ether oxygens (including phenoxy) is 1. The molecule has 1 saturated carbocycles. The van der Waals surface area contributed by atoms with Gasteiger partial charge in [-0.15, -0.1) is 0 Å². The van der Waals surface area contributed by atoms with E-state index in [1.165, 1.54) is 7.11 Å². The lowest BCUT2D eigenvalue weighted by Gasteiger charge is -2.31.